The number of hydrogen-bond acceptors (Lipinski definition) is 3. The second-order valence-electron chi connectivity index (χ2n) is 6.26. The third-order valence-corrected chi connectivity index (χ3v) is 3.83. The fraction of sp³-hybridized carbons (Fsp3) is 0.850. The first-order chi connectivity index (χ1) is 11.3. The number of carbonyl (C=O) groups excluding carboxylic acids is 1. The van der Waals surface area contributed by atoms with Crippen molar-refractivity contribution in [3.63, 3.8) is 0 Å². The normalized spacial score (nSPS) is 11.2. The Kier molecular flexibility index (Phi) is 18.5. The zero-order valence-corrected chi connectivity index (χ0v) is 15.5. The van der Waals surface area contributed by atoms with Crippen LogP contribution in [0.3, 0.4) is 0 Å². The minimum Gasteiger partial charge on any atom is -0.298 e. The molecule has 0 fully saturated rings. The molecule has 23 heavy (non-hydrogen) atoms. The van der Waals surface area contributed by atoms with Crippen LogP contribution in [-0.2, 0) is 14.6 Å². The fourth-order valence-electron chi connectivity index (χ4n) is 2.40. The topological polar surface area (TPSA) is 35.5 Å². The summed E-state index contributed by atoms with van der Waals surface area (Å²) in [6.45, 7) is 4.73. The van der Waals surface area contributed by atoms with Gasteiger partial charge in [0.15, 0.2) is 0 Å². The van der Waals surface area contributed by atoms with Gasteiger partial charge in [0.25, 0.3) is 0 Å². The van der Waals surface area contributed by atoms with E-state index in [-0.39, 0.29) is 5.97 Å². The van der Waals surface area contributed by atoms with Gasteiger partial charge in [-0.15, -0.1) is 0 Å². The van der Waals surface area contributed by atoms with Crippen molar-refractivity contribution in [3.05, 3.63) is 12.2 Å². The number of unbranched alkanes of at least 4 members (excludes halogenated alkanes) is 10. The van der Waals surface area contributed by atoms with Gasteiger partial charge >= 0.3 is 5.97 Å². The van der Waals surface area contributed by atoms with E-state index in [9.17, 15) is 4.79 Å². The Morgan fingerprint density at radius 3 is 1.91 bits per heavy atom. The summed E-state index contributed by atoms with van der Waals surface area (Å²) in [4.78, 5) is 20.7. The van der Waals surface area contributed by atoms with Crippen molar-refractivity contribution in [1.29, 1.82) is 0 Å². The molecular formula is C20H38O3. The van der Waals surface area contributed by atoms with Crippen LogP contribution in [0.4, 0.5) is 0 Å². The summed E-state index contributed by atoms with van der Waals surface area (Å²) in [6.07, 6.45) is 21.0. The highest BCUT2D eigenvalue weighted by Crippen LogP contribution is 2.09. The van der Waals surface area contributed by atoms with Gasteiger partial charge in [-0.05, 0) is 38.5 Å². The Balaban J connectivity index is 3.17. The lowest BCUT2D eigenvalue weighted by atomic mass is 10.1. The van der Waals surface area contributed by atoms with Gasteiger partial charge in [-0.1, -0.05) is 70.9 Å². The van der Waals surface area contributed by atoms with E-state index in [2.05, 4.69) is 24.0 Å². The van der Waals surface area contributed by atoms with Crippen molar-refractivity contribution < 1.29 is 14.6 Å². The molecule has 0 aliphatic heterocycles. The summed E-state index contributed by atoms with van der Waals surface area (Å²) in [5.41, 5.74) is 0. The summed E-state index contributed by atoms with van der Waals surface area (Å²) in [5, 5.41) is 0. The Hall–Kier alpha value is -0.830. The highest BCUT2D eigenvalue weighted by Gasteiger charge is 2.02. The van der Waals surface area contributed by atoms with Crippen LogP contribution >= 0.6 is 0 Å². The van der Waals surface area contributed by atoms with Gasteiger partial charge in [0, 0.05) is 6.42 Å². The number of rotatable bonds is 17. The quantitative estimate of drug-likeness (QED) is 0.132. The van der Waals surface area contributed by atoms with Crippen LogP contribution in [0.25, 0.3) is 0 Å². The summed E-state index contributed by atoms with van der Waals surface area (Å²) in [5.74, 6) is -0.239. The Morgan fingerprint density at radius 2 is 1.30 bits per heavy atom. The van der Waals surface area contributed by atoms with E-state index in [4.69, 9.17) is 4.89 Å². The Labute approximate surface area is 143 Å². The highest BCUT2D eigenvalue weighted by atomic mass is 17.2. The molecule has 0 aliphatic rings. The molecule has 0 unspecified atom stereocenters. The Bertz CT molecular complexity index is 274. The average molecular weight is 327 g/mol. The first-order valence-electron chi connectivity index (χ1n) is 9.78. The Morgan fingerprint density at radius 1 is 0.739 bits per heavy atom. The predicted molar refractivity (Wildman–Crippen MR) is 97.2 cm³/mol. The van der Waals surface area contributed by atoms with Gasteiger partial charge in [-0.2, -0.15) is 4.89 Å². The van der Waals surface area contributed by atoms with Gasteiger partial charge in [0.05, 0.1) is 6.61 Å². The van der Waals surface area contributed by atoms with Crippen LogP contribution in [0.5, 0.6) is 0 Å². The van der Waals surface area contributed by atoms with Crippen LogP contribution in [0.2, 0.25) is 0 Å². The molecule has 0 spiro atoms. The largest absolute Gasteiger partial charge is 0.342 e. The average Bonchev–Trinajstić information content (AvgIpc) is 2.55. The first kappa shape index (κ1) is 22.2. The van der Waals surface area contributed by atoms with E-state index in [0.29, 0.717) is 13.0 Å². The van der Waals surface area contributed by atoms with Gasteiger partial charge in [-0.25, -0.2) is 4.79 Å². The molecule has 0 amide bonds. The van der Waals surface area contributed by atoms with Gasteiger partial charge in [-0.3, -0.25) is 4.89 Å². The third kappa shape index (κ3) is 19.1. The molecule has 0 rings (SSSR count). The molecule has 0 aromatic carbocycles. The SMILES string of the molecule is CCCCCCCCC=CCCCCCCC(=O)OOCCC. The van der Waals surface area contributed by atoms with Gasteiger partial charge in [0.2, 0.25) is 0 Å². The smallest absolute Gasteiger partial charge is 0.298 e. The predicted octanol–water partition coefficient (Wildman–Crippen LogP) is 6.52. The van der Waals surface area contributed by atoms with Crippen LogP contribution in [-0.4, -0.2) is 12.6 Å². The zero-order chi connectivity index (χ0) is 17.0. The highest BCUT2D eigenvalue weighted by molar-refractivity contribution is 5.68. The molecule has 0 atom stereocenters. The number of hydrogen-bond donors (Lipinski definition) is 0. The van der Waals surface area contributed by atoms with E-state index in [1.54, 1.807) is 0 Å². The lowest BCUT2D eigenvalue weighted by Gasteiger charge is -2.02. The van der Waals surface area contributed by atoms with Crippen molar-refractivity contribution >= 4 is 5.97 Å². The summed E-state index contributed by atoms with van der Waals surface area (Å²) < 4.78 is 0. The van der Waals surface area contributed by atoms with E-state index < -0.39 is 0 Å². The van der Waals surface area contributed by atoms with Crippen molar-refractivity contribution in [2.45, 2.75) is 104 Å². The molecule has 0 N–H and O–H groups in total. The molecule has 0 saturated heterocycles. The van der Waals surface area contributed by atoms with Crippen molar-refractivity contribution in [2.75, 3.05) is 6.61 Å². The molecule has 0 aromatic heterocycles. The molecule has 0 heterocycles. The minimum absolute atomic E-state index is 0.239. The lowest BCUT2D eigenvalue weighted by Crippen LogP contribution is -2.05. The number of carbonyl (C=O) groups is 1. The number of allylic oxidation sites excluding steroid dienone is 2. The van der Waals surface area contributed by atoms with Gasteiger partial charge < -0.3 is 0 Å². The second kappa shape index (κ2) is 19.2. The second-order valence-corrected chi connectivity index (χ2v) is 6.26. The van der Waals surface area contributed by atoms with Crippen molar-refractivity contribution in [2.24, 2.45) is 0 Å². The van der Waals surface area contributed by atoms with Crippen LogP contribution in [0.15, 0.2) is 12.2 Å². The van der Waals surface area contributed by atoms with Crippen LogP contribution < -0.4 is 0 Å². The maximum atomic E-state index is 11.3. The fourth-order valence-corrected chi connectivity index (χ4v) is 2.40. The monoisotopic (exact) mass is 326 g/mol. The summed E-state index contributed by atoms with van der Waals surface area (Å²) >= 11 is 0. The maximum absolute atomic E-state index is 11.3. The molecule has 136 valence electrons. The molecular weight excluding hydrogens is 288 g/mol. The molecule has 3 nitrogen and oxygen atoms in total. The van der Waals surface area contributed by atoms with Crippen LogP contribution in [0.1, 0.15) is 104 Å². The maximum Gasteiger partial charge on any atom is 0.342 e. The molecule has 0 aliphatic carbocycles. The summed E-state index contributed by atoms with van der Waals surface area (Å²) in [7, 11) is 0. The van der Waals surface area contributed by atoms with Crippen LogP contribution in [0, 0.1) is 0 Å². The molecule has 0 aromatic rings. The first-order valence-corrected chi connectivity index (χ1v) is 9.78. The third-order valence-electron chi connectivity index (χ3n) is 3.83. The van der Waals surface area contributed by atoms with Gasteiger partial charge in [0.1, 0.15) is 0 Å². The molecule has 0 bridgehead atoms. The summed E-state index contributed by atoms with van der Waals surface area (Å²) in [6, 6.07) is 0. The standard InChI is InChI=1S/C20H38O3/c1-3-5-6-7-8-9-10-11-12-13-14-15-16-17-18-20(21)23-22-19-4-2/h11-12H,3-10,13-19H2,1-2H3. The van der Waals surface area contributed by atoms with E-state index in [1.165, 1.54) is 64.2 Å². The van der Waals surface area contributed by atoms with E-state index >= 15 is 0 Å². The van der Waals surface area contributed by atoms with E-state index in [1.807, 2.05) is 6.92 Å². The van der Waals surface area contributed by atoms with E-state index in [0.717, 1.165) is 19.3 Å². The lowest BCUT2D eigenvalue weighted by molar-refractivity contribution is -0.272. The zero-order valence-electron chi connectivity index (χ0n) is 15.5. The minimum atomic E-state index is -0.239. The molecule has 0 radical (unpaired) electrons. The van der Waals surface area contributed by atoms with Crippen molar-refractivity contribution in [3.8, 4) is 0 Å². The molecule has 0 saturated carbocycles. The van der Waals surface area contributed by atoms with Crippen molar-refractivity contribution in [1.82, 2.24) is 0 Å². The molecule has 3 heteroatoms.